The molecule has 1 spiro atoms. The molecule has 14 heteroatoms. The molecule has 7 heterocycles. The van der Waals surface area contributed by atoms with E-state index < -0.39 is 23.7 Å². The number of carbonyl (C=O) groups excluding carboxylic acids is 3. The van der Waals surface area contributed by atoms with Crippen LogP contribution in [-0.2, 0) is 29.1 Å². The van der Waals surface area contributed by atoms with E-state index in [1.807, 2.05) is 33.7 Å². The summed E-state index contributed by atoms with van der Waals surface area (Å²) in [6.07, 6.45) is 6.56. The highest BCUT2D eigenvalue weighted by atomic mass is 19.1. The lowest BCUT2D eigenvalue weighted by atomic mass is 9.72. The topological polar surface area (TPSA) is 133 Å². The van der Waals surface area contributed by atoms with E-state index >= 15 is 4.39 Å². The van der Waals surface area contributed by atoms with E-state index in [0.717, 1.165) is 88.4 Å². The molecule has 1 unspecified atom stereocenters. The van der Waals surface area contributed by atoms with Crippen molar-refractivity contribution in [2.75, 3.05) is 61.8 Å². The summed E-state index contributed by atoms with van der Waals surface area (Å²) in [4.78, 5) is 57.9. The number of amides is 3. The molecule has 3 saturated heterocycles. The molecule has 3 fully saturated rings. The Morgan fingerprint density at radius 3 is 2.44 bits per heavy atom. The minimum atomic E-state index is -1.06. The van der Waals surface area contributed by atoms with E-state index in [2.05, 4.69) is 25.1 Å². The van der Waals surface area contributed by atoms with Crippen molar-refractivity contribution in [1.82, 2.24) is 29.2 Å². The second-order valence-electron chi connectivity index (χ2n) is 16.9. The minimum Gasteiger partial charge on any atom is -0.399 e. The summed E-state index contributed by atoms with van der Waals surface area (Å²) >= 11 is 0. The first kappa shape index (κ1) is 37.1. The largest absolute Gasteiger partial charge is 0.399 e. The number of hydrogen-bond donors (Lipinski definition) is 2. The highest BCUT2D eigenvalue weighted by molar-refractivity contribution is 6.04. The second kappa shape index (κ2) is 14.6. The number of piperidine rings is 1. The van der Waals surface area contributed by atoms with Gasteiger partial charge in [0.2, 0.25) is 5.91 Å². The molecule has 1 atom stereocenters. The fraction of sp³-hybridized carbons (Fsp3) is 0.356. The van der Waals surface area contributed by atoms with Crippen molar-refractivity contribution < 1.29 is 23.2 Å². The van der Waals surface area contributed by atoms with Gasteiger partial charge in [0.25, 0.3) is 11.8 Å². The molecule has 302 valence electrons. The summed E-state index contributed by atoms with van der Waals surface area (Å²) in [5.41, 5.74) is 11.3. The van der Waals surface area contributed by atoms with Crippen LogP contribution in [0.3, 0.4) is 0 Å². The Bertz CT molecular complexity index is 2450. The normalized spacial score (nSPS) is 19.0. The summed E-state index contributed by atoms with van der Waals surface area (Å²) in [6.45, 7) is 5.81. The molecular formula is C45H45F2N9O3. The lowest BCUT2D eigenvalue weighted by molar-refractivity contribution is -0.146. The first-order valence-electron chi connectivity index (χ1n) is 20.4. The minimum absolute atomic E-state index is 0.0577. The number of halogens is 2. The zero-order chi connectivity index (χ0) is 40.4. The molecule has 3 aromatic carbocycles. The molecule has 0 saturated carbocycles. The van der Waals surface area contributed by atoms with Gasteiger partial charge in [-0.2, -0.15) is 0 Å². The predicted molar refractivity (Wildman–Crippen MR) is 218 cm³/mol. The Kier molecular flexibility index (Phi) is 9.19. The summed E-state index contributed by atoms with van der Waals surface area (Å²) in [7, 11) is 0. The fourth-order valence-corrected chi connectivity index (χ4v) is 9.86. The molecule has 59 heavy (non-hydrogen) atoms. The number of aryl methyl sites for hydroxylation is 1. The summed E-state index contributed by atoms with van der Waals surface area (Å²) in [5.74, 6) is -0.984. The van der Waals surface area contributed by atoms with Crippen LogP contribution in [0, 0.1) is 17.0 Å². The summed E-state index contributed by atoms with van der Waals surface area (Å²) in [6, 6.07) is 20.2. The number of nitrogens with two attached hydrogens (primary N) is 1. The van der Waals surface area contributed by atoms with Crippen molar-refractivity contribution in [2.24, 2.45) is 5.41 Å². The number of likely N-dealkylation sites (tertiary alicyclic amines) is 2. The van der Waals surface area contributed by atoms with Gasteiger partial charge < -0.3 is 30.3 Å². The van der Waals surface area contributed by atoms with Crippen LogP contribution in [0.15, 0.2) is 85.3 Å². The van der Waals surface area contributed by atoms with Crippen LogP contribution in [0.4, 0.5) is 26.0 Å². The van der Waals surface area contributed by atoms with Gasteiger partial charge in [-0.3, -0.25) is 19.3 Å². The molecule has 10 rings (SSSR count). The number of carbonyl (C=O) groups is 3. The third-order valence-electron chi connectivity index (χ3n) is 13.0. The van der Waals surface area contributed by atoms with Crippen molar-refractivity contribution in [3.05, 3.63) is 125 Å². The Hall–Kier alpha value is -6.15. The fourth-order valence-electron chi connectivity index (χ4n) is 9.86. The second-order valence-corrected chi connectivity index (χ2v) is 16.9. The van der Waals surface area contributed by atoms with E-state index in [0.29, 0.717) is 34.9 Å². The van der Waals surface area contributed by atoms with Crippen LogP contribution < -0.4 is 16.0 Å². The Labute approximate surface area is 340 Å². The number of nitrogens with zero attached hydrogens (tertiary/aromatic N) is 7. The highest BCUT2D eigenvalue weighted by Gasteiger charge is 2.53. The monoisotopic (exact) mass is 797 g/mol. The number of nitrogens with one attached hydrogen (secondary N) is 1. The maximum Gasteiger partial charge on any atom is 0.255 e. The molecule has 5 aliphatic heterocycles. The number of aromatic nitrogens is 3. The van der Waals surface area contributed by atoms with E-state index in [1.54, 1.807) is 48.9 Å². The number of pyridine rings is 1. The van der Waals surface area contributed by atoms with E-state index in [4.69, 9.17) is 5.73 Å². The molecule has 5 aromatic rings. The van der Waals surface area contributed by atoms with Gasteiger partial charge in [-0.15, -0.1) is 0 Å². The number of rotatable bonds is 9. The maximum atomic E-state index is 15.9. The van der Waals surface area contributed by atoms with Gasteiger partial charge in [-0.25, -0.2) is 18.7 Å². The van der Waals surface area contributed by atoms with Gasteiger partial charge in [-0.05, 0) is 110 Å². The van der Waals surface area contributed by atoms with Gasteiger partial charge in [-0.1, -0.05) is 24.3 Å². The van der Waals surface area contributed by atoms with Gasteiger partial charge >= 0.3 is 0 Å². The number of imidazole rings is 1. The standard InChI is InChI=1S/C45H45F2N9O3/c46-36-19-30(18-34-35(36)21-56(44(34)59)42(41-38-4-3-15-53(38)27-50-41)43(58)51-39-5-1-2-14-49-39)28-6-9-32(10-7-28)54-23-45(24-54)25-55(26-45)40(57)22-52-16-12-29(13-17-52)33-11-8-31(48)20-37(33)47/h1-2,5-11,14,18-20,27,29,42H,3-4,12-13,15-17,21-26,48H2,(H,49,51,58). The van der Waals surface area contributed by atoms with Crippen molar-refractivity contribution in [1.29, 1.82) is 0 Å². The number of fused-ring (bicyclic) bond motifs is 2. The average molecular weight is 798 g/mol. The molecule has 3 N–H and O–H groups in total. The zero-order valence-electron chi connectivity index (χ0n) is 32.6. The number of nitrogen functional groups attached to an aromatic ring is 1. The molecule has 0 aliphatic carbocycles. The van der Waals surface area contributed by atoms with Crippen molar-refractivity contribution in [3.8, 4) is 11.1 Å². The van der Waals surface area contributed by atoms with Crippen LogP contribution >= 0.6 is 0 Å². The molecule has 5 aliphatic rings. The van der Waals surface area contributed by atoms with Crippen LogP contribution in [0.25, 0.3) is 11.1 Å². The van der Waals surface area contributed by atoms with Crippen LogP contribution in [0.1, 0.15) is 64.1 Å². The summed E-state index contributed by atoms with van der Waals surface area (Å²) < 4.78 is 32.4. The number of hydrogen-bond acceptors (Lipinski definition) is 8. The van der Waals surface area contributed by atoms with Gasteiger partial charge in [0.15, 0.2) is 6.04 Å². The van der Waals surface area contributed by atoms with Crippen molar-refractivity contribution in [3.63, 3.8) is 0 Å². The molecule has 0 bridgehead atoms. The maximum absolute atomic E-state index is 15.9. The highest BCUT2D eigenvalue weighted by Crippen LogP contribution is 2.43. The van der Waals surface area contributed by atoms with E-state index in [1.165, 1.54) is 17.0 Å². The molecule has 3 amide bonds. The zero-order valence-corrected chi connectivity index (χ0v) is 32.6. The van der Waals surface area contributed by atoms with Crippen molar-refractivity contribution in [2.45, 2.75) is 50.7 Å². The molecule has 2 aromatic heterocycles. The third-order valence-corrected chi connectivity index (χ3v) is 13.0. The predicted octanol–water partition coefficient (Wildman–Crippen LogP) is 5.62. The Morgan fingerprint density at radius 1 is 0.898 bits per heavy atom. The van der Waals surface area contributed by atoms with Gasteiger partial charge in [0.1, 0.15) is 17.5 Å². The lowest BCUT2D eigenvalue weighted by Crippen LogP contribution is -2.73. The summed E-state index contributed by atoms with van der Waals surface area (Å²) in [5, 5.41) is 2.84. The van der Waals surface area contributed by atoms with Crippen LogP contribution in [0.2, 0.25) is 0 Å². The lowest BCUT2D eigenvalue weighted by Gasteiger charge is -2.61. The third kappa shape index (κ3) is 6.78. The molecule has 0 radical (unpaired) electrons. The SMILES string of the molecule is Nc1ccc(C2CCN(CC(=O)N3CC4(C3)CN(c3ccc(-c5cc(F)c6c(c5)C(=O)N(C(C(=O)Nc5ccccn5)c5ncn7c5CCC7)C6)cc3)C4)CC2)c(F)c1. The first-order chi connectivity index (χ1) is 28.6. The van der Waals surface area contributed by atoms with Crippen molar-refractivity contribution >= 4 is 34.9 Å². The van der Waals surface area contributed by atoms with Gasteiger partial charge in [0, 0.05) is 72.5 Å². The van der Waals surface area contributed by atoms with E-state index in [9.17, 15) is 18.8 Å². The van der Waals surface area contributed by atoms with Crippen LogP contribution in [-0.4, -0.2) is 92.8 Å². The quantitative estimate of drug-likeness (QED) is 0.184. The van der Waals surface area contributed by atoms with E-state index in [-0.39, 0.29) is 40.7 Å². The molecule has 12 nitrogen and oxygen atoms in total. The van der Waals surface area contributed by atoms with Crippen LogP contribution in [0.5, 0.6) is 0 Å². The Morgan fingerprint density at radius 2 is 1.69 bits per heavy atom. The number of benzene rings is 3. The average Bonchev–Trinajstić information content (AvgIpc) is 3.92. The number of anilines is 3. The Balaban J connectivity index is 0.759. The first-order valence-corrected chi connectivity index (χ1v) is 20.4. The van der Waals surface area contributed by atoms with Gasteiger partial charge in [0.05, 0.1) is 25.1 Å². The molecular weight excluding hydrogens is 753 g/mol. The smallest absolute Gasteiger partial charge is 0.255 e.